The molecule has 0 aromatic heterocycles. The average Bonchev–Trinajstić information content (AvgIpc) is 1.87. The van der Waals surface area contributed by atoms with E-state index in [0.717, 1.165) is 0 Å². The number of nitrogens with two attached hydrogens (primary N) is 1. The molecule has 0 heterocycles. The van der Waals surface area contributed by atoms with Crippen LogP contribution < -0.4 is 40.6 Å². The van der Waals surface area contributed by atoms with Gasteiger partial charge < -0.3 is 17.0 Å². The molecule has 0 aromatic rings. The van der Waals surface area contributed by atoms with Crippen molar-refractivity contribution in [3.8, 4) is 0 Å². The van der Waals surface area contributed by atoms with E-state index in [0.29, 0.717) is 19.6 Å². The van der Waals surface area contributed by atoms with Gasteiger partial charge in [0.1, 0.15) is 0 Å². The molecule has 0 aliphatic carbocycles. The molecule has 0 radical (unpaired) electrons. The van der Waals surface area contributed by atoms with Gasteiger partial charge in [-0.2, -0.15) is 0 Å². The van der Waals surface area contributed by atoms with Gasteiger partial charge in [-0.1, -0.05) is 0 Å². The zero-order valence-corrected chi connectivity index (χ0v) is 9.36. The minimum absolute atomic E-state index is 0. The van der Waals surface area contributed by atoms with E-state index in [9.17, 15) is 8.76 Å². The van der Waals surface area contributed by atoms with Gasteiger partial charge in [0.25, 0.3) is 0 Å². The maximum atomic E-state index is 9.76. The molecule has 0 fully saturated rings. The molecule has 0 saturated carbocycles. The van der Waals surface area contributed by atoms with Crippen LogP contribution in [0.25, 0.3) is 0 Å². The fourth-order valence-electron chi connectivity index (χ4n) is 0.409. The van der Waals surface area contributed by atoms with Crippen LogP contribution in [0.1, 0.15) is 1.43 Å². The maximum Gasteiger partial charge on any atom is 1.00 e. The second-order valence-corrected chi connectivity index (χ2v) is 2.21. The Labute approximate surface area is 92.3 Å². The summed E-state index contributed by atoms with van der Waals surface area (Å²) >= 11 is -2.39. The van der Waals surface area contributed by atoms with Gasteiger partial charge in [0, 0.05) is 19.6 Å². The maximum absolute atomic E-state index is 9.76. The van der Waals surface area contributed by atoms with E-state index >= 15 is 0 Å². The van der Waals surface area contributed by atoms with Gasteiger partial charge in [-0.25, -0.2) is 4.21 Å². The summed E-state index contributed by atoms with van der Waals surface area (Å²) in [4.78, 5) is 0. The molecule has 0 aliphatic rings. The molecule has 0 spiro atoms. The van der Waals surface area contributed by atoms with E-state index in [1.54, 1.807) is 0 Å². The number of hydrogen-bond acceptors (Lipinski definition) is 5. The Kier molecular flexibility index (Phi) is 14.5. The molecule has 0 saturated heterocycles. The summed E-state index contributed by atoms with van der Waals surface area (Å²) in [5, 5.41) is 2.87. The summed E-state index contributed by atoms with van der Waals surface area (Å²) in [5.74, 6) is 0. The van der Waals surface area contributed by atoms with Crippen molar-refractivity contribution in [1.82, 2.24) is 5.32 Å². The molecular weight excluding hydrogens is 179 g/mol. The first-order valence-electron chi connectivity index (χ1n) is 2.90. The van der Waals surface area contributed by atoms with Crippen molar-refractivity contribution in [3.63, 3.8) is 0 Å². The fraction of sp³-hybridized carbons (Fsp3) is 1.00. The van der Waals surface area contributed by atoms with Gasteiger partial charge in [0.05, 0.1) is 18.0 Å². The van der Waals surface area contributed by atoms with Gasteiger partial charge >= 0.3 is 29.6 Å². The summed E-state index contributed by atoms with van der Waals surface area (Å²) < 4.78 is 23.7. The fourth-order valence-corrected chi connectivity index (χ4v) is 0.628. The molecule has 5 nitrogen and oxygen atoms in total. The Morgan fingerprint density at radius 2 is 2.27 bits per heavy atom. The molecule has 3 N–H and O–H groups in total. The summed E-state index contributed by atoms with van der Waals surface area (Å²) in [6, 6.07) is 0. The zero-order chi connectivity index (χ0) is 7.82. The van der Waals surface area contributed by atoms with Crippen LogP contribution in [0.5, 0.6) is 0 Å². The van der Waals surface area contributed by atoms with Crippen molar-refractivity contribution in [2.24, 2.45) is 5.73 Å². The first-order chi connectivity index (χ1) is 4.77. The van der Waals surface area contributed by atoms with Crippen LogP contribution >= 0.6 is 0 Å². The summed E-state index contributed by atoms with van der Waals surface area (Å²) in [7, 11) is 0. The van der Waals surface area contributed by atoms with E-state index in [1.807, 2.05) is 0 Å². The first kappa shape index (κ1) is 14.5. The standard InChI is InChI=1S/C4H12N2O3S.Na.H/c5-1-2-6-3-4-9-10(7)8;;/h6H,1-5H2,(H,7,8);;/q;+1;-1/p-1. The van der Waals surface area contributed by atoms with Crippen molar-refractivity contribution in [2.75, 3.05) is 26.2 Å². The normalized spacial score (nSPS) is 12.2. The second kappa shape index (κ2) is 11.0. The number of nitrogens with one attached hydrogen (secondary N) is 1. The van der Waals surface area contributed by atoms with E-state index in [-0.39, 0.29) is 37.6 Å². The topological polar surface area (TPSA) is 87.4 Å². The Bertz CT molecular complexity index is 110. The van der Waals surface area contributed by atoms with E-state index in [1.165, 1.54) is 0 Å². The molecule has 1 unspecified atom stereocenters. The van der Waals surface area contributed by atoms with E-state index in [2.05, 4.69) is 9.50 Å². The molecule has 11 heavy (non-hydrogen) atoms. The minimum atomic E-state index is -2.39. The Morgan fingerprint density at radius 1 is 1.64 bits per heavy atom. The van der Waals surface area contributed by atoms with E-state index in [4.69, 9.17) is 5.73 Å². The molecule has 0 aromatic carbocycles. The summed E-state index contributed by atoms with van der Waals surface area (Å²) in [5.41, 5.74) is 5.15. The SMILES string of the molecule is NCCNCCOS(=O)[O-].[H-].[Na+]. The summed E-state index contributed by atoms with van der Waals surface area (Å²) in [6.45, 7) is 1.89. The third-order valence-electron chi connectivity index (χ3n) is 0.780. The quantitative estimate of drug-likeness (QED) is 0.251. The molecule has 64 valence electrons. The molecule has 1 atom stereocenters. The largest absolute Gasteiger partial charge is 1.00 e. The summed E-state index contributed by atoms with van der Waals surface area (Å²) in [6.07, 6.45) is 0. The van der Waals surface area contributed by atoms with E-state index < -0.39 is 11.4 Å². The Morgan fingerprint density at radius 3 is 2.73 bits per heavy atom. The molecule has 7 heteroatoms. The van der Waals surface area contributed by atoms with Crippen LogP contribution in [-0.2, 0) is 15.5 Å². The van der Waals surface area contributed by atoms with Crippen LogP contribution in [0.3, 0.4) is 0 Å². The predicted molar refractivity (Wildman–Crippen MR) is 37.9 cm³/mol. The van der Waals surface area contributed by atoms with Crippen LogP contribution in [0.4, 0.5) is 0 Å². The Hall–Kier alpha value is 0.990. The van der Waals surface area contributed by atoms with Gasteiger partial charge in [0.15, 0.2) is 0 Å². The van der Waals surface area contributed by atoms with Crippen LogP contribution in [0.15, 0.2) is 0 Å². The van der Waals surface area contributed by atoms with Crippen LogP contribution in [-0.4, -0.2) is 35.0 Å². The molecule has 0 aliphatic heterocycles. The number of hydrogen-bond donors (Lipinski definition) is 2. The van der Waals surface area contributed by atoms with Crippen molar-refractivity contribution in [3.05, 3.63) is 0 Å². The van der Waals surface area contributed by atoms with Gasteiger partial charge in [-0.3, -0.25) is 4.18 Å². The first-order valence-corrected chi connectivity index (χ1v) is 3.90. The van der Waals surface area contributed by atoms with Crippen LogP contribution in [0.2, 0.25) is 0 Å². The average molecular weight is 191 g/mol. The third-order valence-corrected chi connectivity index (χ3v) is 1.14. The van der Waals surface area contributed by atoms with Crippen molar-refractivity contribution in [2.45, 2.75) is 0 Å². The molecule has 0 rings (SSSR count). The Balaban J connectivity index is -0.000000405. The molecular formula is C4H12N2NaO3S-. The van der Waals surface area contributed by atoms with Gasteiger partial charge in [-0.15, -0.1) is 0 Å². The molecule has 0 bridgehead atoms. The second-order valence-electron chi connectivity index (χ2n) is 1.56. The van der Waals surface area contributed by atoms with Crippen molar-refractivity contribution < 1.29 is 43.9 Å². The third kappa shape index (κ3) is 13.9. The minimum Gasteiger partial charge on any atom is -1.00 e. The monoisotopic (exact) mass is 191 g/mol. The smallest absolute Gasteiger partial charge is 1.00 e. The number of rotatable bonds is 6. The van der Waals surface area contributed by atoms with Crippen molar-refractivity contribution in [1.29, 1.82) is 0 Å². The zero-order valence-electron chi connectivity index (χ0n) is 7.54. The van der Waals surface area contributed by atoms with Crippen molar-refractivity contribution >= 4 is 11.4 Å². The van der Waals surface area contributed by atoms with Gasteiger partial charge in [-0.05, 0) is 0 Å². The molecule has 0 amide bonds. The van der Waals surface area contributed by atoms with Gasteiger partial charge in [0.2, 0.25) is 0 Å². The van der Waals surface area contributed by atoms with Crippen LogP contribution in [0, 0.1) is 0 Å². The predicted octanol–water partition coefficient (Wildman–Crippen LogP) is -4.54.